The number of H-pyrrole nitrogens is 1. The van der Waals surface area contributed by atoms with Crippen LogP contribution in [0, 0.1) is 10.6 Å². The molecule has 0 unspecified atom stereocenters. The van der Waals surface area contributed by atoms with Crippen molar-refractivity contribution in [1.29, 1.82) is 0 Å². The van der Waals surface area contributed by atoms with Crippen LogP contribution >= 0.6 is 12.2 Å². The van der Waals surface area contributed by atoms with Gasteiger partial charge in [0, 0.05) is 12.0 Å². The summed E-state index contributed by atoms with van der Waals surface area (Å²) in [6.07, 6.45) is 1.08. The standard InChI is InChI=1S/C21H19FN4O5S/c1-30-18-10-13(6-8-17(18)31-12-14-4-2-3-5-15(14)22)11-23-26-20(29)16(7-9-19(27)28)24-25-21(26)32/h2-6,8,10-11H,7,9,12H2,1H3,(H,25,32)(H,27,28)/b23-11-. The number of nitrogens with zero attached hydrogens (tertiary/aromatic N) is 3. The van der Waals surface area contributed by atoms with Crippen LogP contribution in [0.3, 0.4) is 0 Å². The molecule has 0 atom stereocenters. The first-order valence-electron chi connectivity index (χ1n) is 9.40. The third-order valence-electron chi connectivity index (χ3n) is 4.34. The zero-order valence-electron chi connectivity index (χ0n) is 16.9. The van der Waals surface area contributed by atoms with Gasteiger partial charge in [-0.15, -0.1) is 0 Å². The fourth-order valence-corrected chi connectivity index (χ4v) is 2.87. The Morgan fingerprint density at radius 1 is 1.31 bits per heavy atom. The number of aliphatic carboxylic acids is 1. The molecule has 0 aliphatic heterocycles. The highest BCUT2D eigenvalue weighted by Crippen LogP contribution is 2.28. The lowest BCUT2D eigenvalue weighted by Crippen LogP contribution is -2.25. The Morgan fingerprint density at radius 3 is 2.81 bits per heavy atom. The number of aromatic nitrogens is 3. The lowest BCUT2D eigenvalue weighted by molar-refractivity contribution is -0.136. The largest absolute Gasteiger partial charge is 0.493 e. The van der Waals surface area contributed by atoms with Gasteiger partial charge in [0.1, 0.15) is 18.1 Å². The van der Waals surface area contributed by atoms with E-state index in [2.05, 4.69) is 15.3 Å². The number of benzene rings is 2. The summed E-state index contributed by atoms with van der Waals surface area (Å²) >= 11 is 5.05. The topological polar surface area (TPSA) is 119 Å². The summed E-state index contributed by atoms with van der Waals surface area (Å²) in [6.45, 7) is 0.0249. The maximum absolute atomic E-state index is 13.8. The number of carboxylic acid groups (broad SMARTS) is 1. The number of halogens is 1. The van der Waals surface area contributed by atoms with E-state index in [1.165, 1.54) is 19.4 Å². The van der Waals surface area contributed by atoms with Gasteiger partial charge in [-0.1, -0.05) is 18.2 Å². The van der Waals surface area contributed by atoms with Crippen LogP contribution in [0.15, 0.2) is 52.4 Å². The zero-order valence-corrected chi connectivity index (χ0v) is 17.8. The van der Waals surface area contributed by atoms with Crippen LogP contribution in [0.4, 0.5) is 4.39 Å². The molecule has 0 fully saturated rings. The van der Waals surface area contributed by atoms with Crippen LogP contribution in [0.2, 0.25) is 0 Å². The number of aryl methyl sites for hydroxylation is 1. The molecule has 0 spiro atoms. The minimum absolute atomic E-state index is 0.00706. The predicted molar refractivity (Wildman–Crippen MR) is 116 cm³/mol. The van der Waals surface area contributed by atoms with Gasteiger partial charge in [-0.2, -0.15) is 14.9 Å². The summed E-state index contributed by atoms with van der Waals surface area (Å²) in [5.41, 5.74) is 0.381. The summed E-state index contributed by atoms with van der Waals surface area (Å²) in [5, 5.41) is 19.2. The van der Waals surface area contributed by atoms with E-state index in [4.69, 9.17) is 26.8 Å². The molecule has 1 heterocycles. The van der Waals surface area contributed by atoms with E-state index in [9.17, 15) is 14.0 Å². The van der Waals surface area contributed by atoms with Crippen molar-refractivity contribution in [2.45, 2.75) is 19.4 Å². The SMILES string of the molecule is COc1cc(/C=N\n2c(=S)[nH]nc(CCC(=O)O)c2=O)ccc1OCc1ccccc1F. The van der Waals surface area contributed by atoms with Crippen LogP contribution in [0.5, 0.6) is 11.5 Å². The van der Waals surface area contributed by atoms with Crippen LogP contribution < -0.4 is 15.0 Å². The molecule has 0 saturated carbocycles. The molecular weight excluding hydrogens is 439 g/mol. The molecule has 166 valence electrons. The van der Waals surface area contributed by atoms with Gasteiger partial charge < -0.3 is 14.6 Å². The highest BCUT2D eigenvalue weighted by Gasteiger charge is 2.10. The van der Waals surface area contributed by atoms with E-state index < -0.39 is 11.5 Å². The summed E-state index contributed by atoms with van der Waals surface area (Å²) in [5.74, 6) is -0.618. The van der Waals surface area contributed by atoms with Crippen molar-refractivity contribution in [3.8, 4) is 11.5 Å². The molecule has 3 aromatic rings. The van der Waals surface area contributed by atoms with Crippen molar-refractivity contribution in [3.63, 3.8) is 0 Å². The van der Waals surface area contributed by atoms with Gasteiger partial charge in [-0.3, -0.25) is 14.7 Å². The number of hydrogen-bond donors (Lipinski definition) is 2. The van der Waals surface area contributed by atoms with E-state index in [0.717, 1.165) is 4.68 Å². The minimum atomic E-state index is -1.05. The molecule has 0 radical (unpaired) electrons. The highest BCUT2D eigenvalue weighted by atomic mass is 32.1. The molecule has 9 nitrogen and oxygen atoms in total. The number of aromatic amines is 1. The van der Waals surface area contributed by atoms with Crippen molar-refractivity contribution < 1.29 is 23.8 Å². The molecule has 3 rings (SSSR count). The van der Waals surface area contributed by atoms with Crippen LogP contribution in [0.1, 0.15) is 23.2 Å². The molecule has 2 aromatic carbocycles. The van der Waals surface area contributed by atoms with E-state index in [1.807, 2.05) is 0 Å². The number of rotatable bonds is 9. The number of carbonyl (C=O) groups is 1. The normalized spacial score (nSPS) is 10.9. The average Bonchev–Trinajstić information content (AvgIpc) is 2.78. The Labute approximate surface area is 186 Å². The lowest BCUT2D eigenvalue weighted by Gasteiger charge is -2.11. The Balaban J connectivity index is 1.80. The first-order chi connectivity index (χ1) is 15.4. The minimum Gasteiger partial charge on any atom is -0.493 e. The van der Waals surface area contributed by atoms with E-state index in [-0.39, 0.29) is 35.7 Å². The zero-order chi connectivity index (χ0) is 23.1. The number of carboxylic acids is 1. The fraction of sp³-hybridized carbons (Fsp3) is 0.190. The summed E-state index contributed by atoms with van der Waals surface area (Å²) < 4.78 is 25.7. The van der Waals surface area contributed by atoms with Crippen molar-refractivity contribution >= 4 is 24.4 Å². The molecule has 1 aromatic heterocycles. The molecule has 11 heteroatoms. The Bertz CT molecular complexity index is 1270. The Hall–Kier alpha value is -3.86. The van der Waals surface area contributed by atoms with Crippen LogP contribution in [-0.4, -0.2) is 39.3 Å². The number of methoxy groups -OCH3 is 1. The molecular formula is C21H19FN4O5S. The van der Waals surface area contributed by atoms with Crippen LogP contribution in [0.25, 0.3) is 0 Å². The first-order valence-corrected chi connectivity index (χ1v) is 9.81. The quantitative estimate of drug-likeness (QED) is 0.374. The third-order valence-corrected chi connectivity index (χ3v) is 4.61. The molecule has 0 saturated heterocycles. The fourth-order valence-electron chi connectivity index (χ4n) is 2.70. The van der Waals surface area contributed by atoms with Gasteiger partial charge >= 0.3 is 5.97 Å². The second-order valence-corrected chi connectivity index (χ2v) is 6.91. The van der Waals surface area contributed by atoms with Gasteiger partial charge in [0.2, 0.25) is 4.77 Å². The van der Waals surface area contributed by atoms with Gasteiger partial charge in [-0.05, 0) is 42.0 Å². The van der Waals surface area contributed by atoms with E-state index >= 15 is 0 Å². The molecule has 0 amide bonds. The smallest absolute Gasteiger partial charge is 0.303 e. The molecule has 0 bridgehead atoms. The molecule has 2 N–H and O–H groups in total. The van der Waals surface area contributed by atoms with Crippen molar-refractivity contribution in [2.75, 3.05) is 7.11 Å². The maximum atomic E-state index is 13.8. The third kappa shape index (κ3) is 5.64. The molecule has 0 aliphatic rings. The number of nitrogens with one attached hydrogen (secondary N) is 1. The summed E-state index contributed by atoms with van der Waals surface area (Å²) in [7, 11) is 1.46. The monoisotopic (exact) mass is 458 g/mol. The summed E-state index contributed by atoms with van der Waals surface area (Å²) in [4.78, 5) is 23.2. The van der Waals surface area contributed by atoms with E-state index in [1.54, 1.807) is 36.4 Å². The van der Waals surface area contributed by atoms with Crippen molar-refractivity contribution in [1.82, 2.24) is 14.9 Å². The van der Waals surface area contributed by atoms with Crippen molar-refractivity contribution in [3.05, 3.63) is 80.2 Å². The first kappa shape index (κ1) is 22.8. The highest BCUT2D eigenvalue weighted by molar-refractivity contribution is 7.71. The predicted octanol–water partition coefficient (Wildman–Crippen LogP) is 2.93. The summed E-state index contributed by atoms with van der Waals surface area (Å²) in [6, 6.07) is 11.2. The molecule has 0 aliphatic carbocycles. The Morgan fingerprint density at radius 2 is 2.09 bits per heavy atom. The van der Waals surface area contributed by atoms with Crippen molar-refractivity contribution in [2.24, 2.45) is 5.10 Å². The van der Waals surface area contributed by atoms with Gasteiger partial charge in [0.15, 0.2) is 11.5 Å². The van der Waals surface area contributed by atoms with Gasteiger partial charge in [0.05, 0.1) is 19.7 Å². The number of ether oxygens (including phenoxy) is 2. The van der Waals surface area contributed by atoms with Gasteiger partial charge in [-0.25, -0.2) is 4.39 Å². The molecule has 32 heavy (non-hydrogen) atoms. The maximum Gasteiger partial charge on any atom is 0.303 e. The average molecular weight is 458 g/mol. The second kappa shape index (κ2) is 10.4. The lowest BCUT2D eigenvalue weighted by atomic mass is 10.2. The van der Waals surface area contributed by atoms with Gasteiger partial charge in [0.25, 0.3) is 5.56 Å². The second-order valence-electron chi connectivity index (χ2n) is 6.52. The number of hydrogen-bond acceptors (Lipinski definition) is 7. The van der Waals surface area contributed by atoms with Crippen LogP contribution in [-0.2, 0) is 17.8 Å². The Kier molecular flexibility index (Phi) is 7.45. The van der Waals surface area contributed by atoms with E-state index in [0.29, 0.717) is 22.6 Å².